The molecule has 0 saturated carbocycles. The number of nitrogens with zero attached hydrogens (tertiary/aromatic N) is 2. The van der Waals surface area contributed by atoms with Gasteiger partial charge in [-0.05, 0) is 37.3 Å². The van der Waals surface area contributed by atoms with Crippen LogP contribution in [0.1, 0.15) is 32.6 Å². The minimum atomic E-state index is 0.519. The summed E-state index contributed by atoms with van der Waals surface area (Å²) in [7, 11) is 0. The van der Waals surface area contributed by atoms with Crippen molar-refractivity contribution in [3.05, 3.63) is 17.3 Å². The molecule has 0 spiro atoms. The first kappa shape index (κ1) is 12.5. The van der Waals surface area contributed by atoms with Crippen LogP contribution in [0, 0.1) is 5.92 Å². The van der Waals surface area contributed by atoms with Crippen molar-refractivity contribution in [1.82, 2.24) is 4.98 Å². The highest BCUT2D eigenvalue weighted by molar-refractivity contribution is 6.29. The summed E-state index contributed by atoms with van der Waals surface area (Å²) in [5.74, 6) is 1.70. The zero-order valence-electron chi connectivity index (χ0n) is 10.3. The van der Waals surface area contributed by atoms with E-state index >= 15 is 0 Å². The number of rotatable bonds is 2. The van der Waals surface area contributed by atoms with Gasteiger partial charge in [0.1, 0.15) is 5.15 Å². The maximum absolute atomic E-state index is 5.98. The van der Waals surface area contributed by atoms with Crippen molar-refractivity contribution in [1.29, 1.82) is 0 Å². The Morgan fingerprint density at radius 3 is 3.00 bits per heavy atom. The number of aromatic nitrogens is 1. The van der Waals surface area contributed by atoms with Crippen LogP contribution in [0.15, 0.2) is 12.1 Å². The fraction of sp³-hybridized carbons (Fsp3) is 0.615. The predicted octanol–water partition coefficient (Wildman–Crippen LogP) is 3.33. The summed E-state index contributed by atoms with van der Waals surface area (Å²) in [6.07, 6.45) is 5.02. The van der Waals surface area contributed by atoms with E-state index in [2.05, 4.69) is 16.8 Å². The Morgan fingerprint density at radius 1 is 1.41 bits per heavy atom. The predicted molar refractivity (Wildman–Crippen MR) is 73.5 cm³/mol. The van der Waals surface area contributed by atoms with Crippen molar-refractivity contribution in [2.75, 3.05) is 23.7 Å². The molecule has 0 radical (unpaired) electrons. The van der Waals surface area contributed by atoms with Gasteiger partial charge in [-0.25, -0.2) is 4.98 Å². The van der Waals surface area contributed by atoms with Gasteiger partial charge in [-0.2, -0.15) is 0 Å². The topological polar surface area (TPSA) is 42.2 Å². The Labute approximate surface area is 108 Å². The number of hydrogen-bond donors (Lipinski definition) is 1. The van der Waals surface area contributed by atoms with E-state index in [9.17, 15) is 0 Å². The molecule has 1 aliphatic rings. The molecule has 1 aliphatic heterocycles. The van der Waals surface area contributed by atoms with Gasteiger partial charge in [0.15, 0.2) is 5.82 Å². The van der Waals surface area contributed by atoms with Crippen LogP contribution in [-0.2, 0) is 0 Å². The molecule has 2 N–H and O–H groups in total. The van der Waals surface area contributed by atoms with Crippen LogP contribution < -0.4 is 10.6 Å². The molecule has 17 heavy (non-hydrogen) atoms. The molecule has 0 aromatic carbocycles. The lowest BCUT2D eigenvalue weighted by Gasteiger charge is -2.23. The number of anilines is 2. The Bertz CT molecular complexity index is 381. The van der Waals surface area contributed by atoms with Gasteiger partial charge in [0.05, 0.1) is 5.69 Å². The molecule has 1 aromatic rings. The summed E-state index contributed by atoms with van der Waals surface area (Å²) in [5, 5.41) is 0.519. The molecular weight excluding hydrogens is 234 g/mol. The van der Waals surface area contributed by atoms with E-state index in [0.29, 0.717) is 5.15 Å². The second-order valence-corrected chi connectivity index (χ2v) is 5.13. The molecule has 1 saturated heterocycles. The minimum absolute atomic E-state index is 0.519. The van der Waals surface area contributed by atoms with E-state index in [1.807, 2.05) is 6.07 Å². The standard InChI is InChI=1S/C13H20ClN3/c1-2-10-4-3-8-17(9-7-10)13-11(15)5-6-12(14)16-13/h5-6,10H,2-4,7-9,15H2,1H3. The summed E-state index contributed by atoms with van der Waals surface area (Å²) in [6, 6.07) is 3.58. The van der Waals surface area contributed by atoms with Gasteiger partial charge in [-0.15, -0.1) is 0 Å². The van der Waals surface area contributed by atoms with Crippen LogP contribution in [0.5, 0.6) is 0 Å². The van der Waals surface area contributed by atoms with Crippen molar-refractivity contribution in [2.45, 2.75) is 32.6 Å². The van der Waals surface area contributed by atoms with Crippen LogP contribution >= 0.6 is 11.6 Å². The molecule has 0 amide bonds. The van der Waals surface area contributed by atoms with Gasteiger partial charge >= 0.3 is 0 Å². The molecule has 1 fully saturated rings. The lowest BCUT2D eigenvalue weighted by molar-refractivity contribution is 0.459. The Morgan fingerprint density at radius 2 is 2.24 bits per heavy atom. The largest absolute Gasteiger partial charge is 0.396 e. The fourth-order valence-corrected chi connectivity index (χ4v) is 2.62. The average Bonchev–Trinajstić information content (AvgIpc) is 2.57. The molecule has 3 nitrogen and oxygen atoms in total. The molecule has 0 aliphatic carbocycles. The molecule has 2 rings (SSSR count). The third kappa shape index (κ3) is 3.03. The number of pyridine rings is 1. The molecule has 2 heterocycles. The first-order chi connectivity index (χ1) is 8.20. The normalized spacial score (nSPS) is 21.3. The van der Waals surface area contributed by atoms with Crippen molar-refractivity contribution in [3.63, 3.8) is 0 Å². The number of nitrogen functional groups attached to an aromatic ring is 1. The smallest absolute Gasteiger partial charge is 0.153 e. The zero-order valence-corrected chi connectivity index (χ0v) is 11.1. The van der Waals surface area contributed by atoms with Gasteiger partial charge in [-0.3, -0.25) is 0 Å². The van der Waals surface area contributed by atoms with Crippen molar-refractivity contribution < 1.29 is 0 Å². The maximum Gasteiger partial charge on any atom is 0.153 e. The van der Waals surface area contributed by atoms with Gasteiger partial charge in [0, 0.05) is 13.1 Å². The number of hydrogen-bond acceptors (Lipinski definition) is 3. The summed E-state index contributed by atoms with van der Waals surface area (Å²) in [4.78, 5) is 6.63. The van der Waals surface area contributed by atoms with E-state index in [-0.39, 0.29) is 0 Å². The monoisotopic (exact) mass is 253 g/mol. The number of nitrogens with two attached hydrogens (primary N) is 1. The zero-order chi connectivity index (χ0) is 12.3. The van der Waals surface area contributed by atoms with Crippen molar-refractivity contribution in [3.8, 4) is 0 Å². The van der Waals surface area contributed by atoms with Crippen LogP contribution in [-0.4, -0.2) is 18.1 Å². The average molecular weight is 254 g/mol. The molecular formula is C13H20ClN3. The highest BCUT2D eigenvalue weighted by Crippen LogP contribution is 2.27. The summed E-state index contributed by atoms with van der Waals surface area (Å²) in [6.45, 7) is 4.34. The second kappa shape index (κ2) is 5.58. The highest BCUT2D eigenvalue weighted by atomic mass is 35.5. The fourth-order valence-electron chi connectivity index (χ4n) is 2.47. The Balaban J connectivity index is 2.13. The van der Waals surface area contributed by atoms with Crippen LogP contribution in [0.4, 0.5) is 11.5 Å². The van der Waals surface area contributed by atoms with Gasteiger partial charge in [0.25, 0.3) is 0 Å². The van der Waals surface area contributed by atoms with E-state index < -0.39 is 0 Å². The van der Waals surface area contributed by atoms with Crippen LogP contribution in [0.3, 0.4) is 0 Å². The van der Waals surface area contributed by atoms with E-state index in [0.717, 1.165) is 30.5 Å². The molecule has 1 unspecified atom stereocenters. The second-order valence-electron chi connectivity index (χ2n) is 4.74. The lowest BCUT2D eigenvalue weighted by atomic mass is 9.98. The molecule has 1 aromatic heterocycles. The summed E-state index contributed by atoms with van der Waals surface area (Å²) >= 11 is 5.94. The SMILES string of the molecule is CCC1CCCN(c2nc(Cl)ccc2N)CC1. The van der Waals surface area contributed by atoms with Crippen LogP contribution in [0.25, 0.3) is 0 Å². The molecule has 94 valence electrons. The first-order valence-electron chi connectivity index (χ1n) is 6.37. The summed E-state index contributed by atoms with van der Waals surface area (Å²) < 4.78 is 0. The summed E-state index contributed by atoms with van der Waals surface area (Å²) in [5.41, 5.74) is 6.70. The van der Waals surface area contributed by atoms with Gasteiger partial charge in [0.2, 0.25) is 0 Å². The molecule has 0 bridgehead atoms. The minimum Gasteiger partial charge on any atom is -0.396 e. The third-order valence-electron chi connectivity index (χ3n) is 3.60. The van der Waals surface area contributed by atoms with E-state index in [4.69, 9.17) is 17.3 Å². The van der Waals surface area contributed by atoms with Crippen molar-refractivity contribution in [2.24, 2.45) is 5.92 Å². The number of halogens is 1. The highest BCUT2D eigenvalue weighted by Gasteiger charge is 2.18. The van der Waals surface area contributed by atoms with E-state index in [1.165, 1.54) is 25.7 Å². The van der Waals surface area contributed by atoms with E-state index in [1.54, 1.807) is 6.07 Å². The molecule has 1 atom stereocenters. The Hall–Kier alpha value is -0.960. The maximum atomic E-state index is 5.98. The van der Waals surface area contributed by atoms with Crippen LogP contribution in [0.2, 0.25) is 5.15 Å². The molecule has 4 heteroatoms. The lowest BCUT2D eigenvalue weighted by Crippen LogP contribution is -2.26. The third-order valence-corrected chi connectivity index (χ3v) is 3.81. The first-order valence-corrected chi connectivity index (χ1v) is 6.75. The Kier molecular flexibility index (Phi) is 4.11. The van der Waals surface area contributed by atoms with Gasteiger partial charge in [-0.1, -0.05) is 24.9 Å². The quantitative estimate of drug-likeness (QED) is 0.822. The van der Waals surface area contributed by atoms with Crippen molar-refractivity contribution >= 4 is 23.1 Å². The van der Waals surface area contributed by atoms with Gasteiger partial charge < -0.3 is 10.6 Å².